The van der Waals surface area contributed by atoms with Crippen LogP contribution in [0.3, 0.4) is 0 Å². The normalized spacial score (nSPS) is 12.6. The molecule has 2 aromatic heterocycles. The zero-order chi connectivity index (χ0) is 21.5. The van der Waals surface area contributed by atoms with Gasteiger partial charge in [0.1, 0.15) is 29.3 Å². The molecule has 2 atom stereocenters. The van der Waals surface area contributed by atoms with Crippen molar-refractivity contribution in [1.82, 2.24) is 19.9 Å². The highest BCUT2D eigenvalue weighted by molar-refractivity contribution is 5.83. The van der Waals surface area contributed by atoms with Gasteiger partial charge in [0, 0.05) is 18.5 Å². The summed E-state index contributed by atoms with van der Waals surface area (Å²) >= 11 is 0. The minimum atomic E-state index is -1.02. The number of aliphatic hydroxyl groups excluding tert-OH is 1. The Labute approximate surface area is 171 Å². The summed E-state index contributed by atoms with van der Waals surface area (Å²) in [5.41, 5.74) is 6.10. The predicted octanol–water partition coefficient (Wildman–Crippen LogP) is 1.58. The van der Waals surface area contributed by atoms with Gasteiger partial charge in [0.05, 0.1) is 18.8 Å². The summed E-state index contributed by atoms with van der Waals surface area (Å²) in [4.78, 5) is 28.3. The Bertz CT molecular complexity index is 988. The third kappa shape index (κ3) is 5.58. The van der Waals surface area contributed by atoms with Gasteiger partial charge in [-0.2, -0.15) is 9.97 Å². The number of aliphatic hydroxyl groups is 1. The van der Waals surface area contributed by atoms with E-state index >= 15 is 0 Å². The molecule has 0 radical (unpaired) electrons. The summed E-state index contributed by atoms with van der Waals surface area (Å²) in [6.45, 7) is 1.37. The number of aromatic nitrogens is 4. The molecular formula is C19H21FN8O2. The van der Waals surface area contributed by atoms with E-state index in [0.29, 0.717) is 11.6 Å². The maximum atomic E-state index is 13.2. The summed E-state index contributed by atoms with van der Waals surface area (Å²) in [7, 11) is 0. The topological polar surface area (TPSA) is 151 Å². The highest BCUT2D eigenvalue weighted by atomic mass is 19.1. The number of halogens is 1. The lowest BCUT2D eigenvalue weighted by molar-refractivity contribution is -0.119. The average Bonchev–Trinajstić information content (AvgIpc) is 2.73. The van der Waals surface area contributed by atoms with Crippen molar-refractivity contribution < 1.29 is 14.3 Å². The molecule has 0 spiro atoms. The summed E-state index contributed by atoms with van der Waals surface area (Å²) in [6, 6.07) is 6.32. The summed E-state index contributed by atoms with van der Waals surface area (Å²) in [5, 5.41) is 18.3. The Morgan fingerprint density at radius 1 is 1.13 bits per heavy atom. The highest BCUT2D eigenvalue weighted by Crippen LogP contribution is 2.22. The van der Waals surface area contributed by atoms with Crippen LogP contribution in [-0.4, -0.2) is 43.6 Å². The summed E-state index contributed by atoms with van der Waals surface area (Å²) < 4.78 is 13.2. The fourth-order valence-electron chi connectivity index (χ4n) is 2.56. The van der Waals surface area contributed by atoms with Gasteiger partial charge in [0.2, 0.25) is 11.9 Å². The van der Waals surface area contributed by atoms with Crippen LogP contribution in [0.15, 0.2) is 48.9 Å². The second kappa shape index (κ2) is 9.56. The standard InChI is InChI=1S/C19H21FN8O2/c1-11(12-2-4-13(20)5-3-12)24-19-27-15(25-14(10-29)18(21)30)8-16(28-19)26-17-9-22-6-7-23-17/h2-9,11,14,29H,10H2,1H3,(H2,21,30)(H3,23,24,25,26,27,28)/t11-,14?/m0/s1. The van der Waals surface area contributed by atoms with Crippen LogP contribution in [0.4, 0.5) is 27.8 Å². The van der Waals surface area contributed by atoms with Gasteiger partial charge in [-0.3, -0.25) is 9.78 Å². The fraction of sp³-hybridized carbons (Fsp3) is 0.211. The number of rotatable bonds is 9. The third-order valence-corrected chi connectivity index (χ3v) is 4.11. The molecule has 30 heavy (non-hydrogen) atoms. The minimum absolute atomic E-state index is 0.226. The molecule has 0 aliphatic rings. The first-order valence-corrected chi connectivity index (χ1v) is 9.05. The van der Waals surface area contributed by atoms with Crippen molar-refractivity contribution in [3.63, 3.8) is 0 Å². The first kappa shape index (κ1) is 20.9. The SMILES string of the molecule is C[C@H](Nc1nc(Nc2cnccn2)cc(NC(CO)C(N)=O)n1)c1ccc(F)cc1. The molecule has 1 aromatic carbocycles. The van der Waals surface area contributed by atoms with Crippen LogP contribution in [0.5, 0.6) is 0 Å². The van der Waals surface area contributed by atoms with Crippen molar-refractivity contribution >= 4 is 29.3 Å². The number of amides is 1. The Hall–Kier alpha value is -3.86. The number of hydrogen-bond acceptors (Lipinski definition) is 9. The van der Waals surface area contributed by atoms with Crippen molar-refractivity contribution in [2.75, 3.05) is 22.6 Å². The Balaban J connectivity index is 1.87. The lowest BCUT2D eigenvalue weighted by atomic mass is 10.1. The molecule has 0 saturated heterocycles. The Morgan fingerprint density at radius 2 is 1.87 bits per heavy atom. The third-order valence-electron chi connectivity index (χ3n) is 4.11. The minimum Gasteiger partial charge on any atom is -0.394 e. The van der Waals surface area contributed by atoms with E-state index in [4.69, 9.17) is 5.73 Å². The molecule has 3 rings (SSSR count). The molecule has 0 aliphatic carbocycles. The number of benzene rings is 1. The van der Waals surface area contributed by atoms with E-state index in [1.807, 2.05) is 6.92 Å². The van der Waals surface area contributed by atoms with Gasteiger partial charge in [-0.15, -0.1) is 0 Å². The number of primary amides is 1. The Morgan fingerprint density at radius 3 is 2.50 bits per heavy atom. The summed E-state index contributed by atoms with van der Waals surface area (Å²) in [6.07, 6.45) is 4.57. The van der Waals surface area contributed by atoms with Gasteiger partial charge in [0.15, 0.2) is 0 Å². The maximum Gasteiger partial charge on any atom is 0.242 e. The van der Waals surface area contributed by atoms with Crippen LogP contribution in [-0.2, 0) is 4.79 Å². The van der Waals surface area contributed by atoms with E-state index in [-0.39, 0.29) is 23.6 Å². The second-order valence-electron chi connectivity index (χ2n) is 6.38. The van der Waals surface area contributed by atoms with E-state index in [1.165, 1.54) is 36.8 Å². The lowest BCUT2D eigenvalue weighted by Gasteiger charge is -2.18. The molecule has 11 heteroatoms. The van der Waals surface area contributed by atoms with Gasteiger partial charge in [0.25, 0.3) is 0 Å². The Kier molecular flexibility index (Phi) is 6.65. The number of carbonyl (C=O) groups is 1. The van der Waals surface area contributed by atoms with Gasteiger partial charge in [-0.1, -0.05) is 12.1 Å². The second-order valence-corrected chi connectivity index (χ2v) is 6.38. The highest BCUT2D eigenvalue weighted by Gasteiger charge is 2.16. The largest absolute Gasteiger partial charge is 0.394 e. The fourth-order valence-corrected chi connectivity index (χ4v) is 2.56. The van der Waals surface area contributed by atoms with Crippen LogP contribution >= 0.6 is 0 Å². The number of nitrogens with zero attached hydrogens (tertiary/aromatic N) is 4. The van der Waals surface area contributed by atoms with Crippen molar-refractivity contribution in [1.29, 1.82) is 0 Å². The number of carbonyl (C=O) groups excluding carboxylic acids is 1. The molecule has 0 saturated carbocycles. The van der Waals surface area contributed by atoms with Crippen LogP contribution in [0.1, 0.15) is 18.5 Å². The van der Waals surface area contributed by atoms with Crippen molar-refractivity contribution in [2.45, 2.75) is 19.0 Å². The van der Waals surface area contributed by atoms with Gasteiger partial charge < -0.3 is 26.8 Å². The van der Waals surface area contributed by atoms with Crippen LogP contribution < -0.4 is 21.7 Å². The molecule has 2 heterocycles. The molecule has 0 fully saturated rings. The van der Waals surface area contributed by atoms with E-state index in [9.17, 15) is 14.3 Å². The van der Waals surface area contributed by atoms with E-state index in [1.54, 1.807) is 12.1 Å². The zero-order valence-corrected chi connectivity index (χ0v) is 16.1. The van der Waals surface area contributed by atoms with Crippen molar-refractivity contribution in [2.24, 2.45) is 5.73 Å². The first-order chi connectivity index (χ1) is 14.4. The van der Waals surface area contributed by atoms with E-state index < -0.39 is 18.6 Å². The van der Waals surface area contributed by atoms with Gasteiger partial charge in [-0.25, -0.2) is 9.37 Å². The number of anilines is 4. The average molecular weight is 412 g/mol. The molecule has 156 valence electrons. The molecular weight excluding hydrogens is 391 g/mol. The van der Waals surface area contributed by atoms with E-state index in [2.05, 4.69) is 35.9 Å². The van der Waals surface area contributed by atoms with Crippen LogP contribution in [0.2, 0.25) is 0 Å². The first-order valence-electron chi connectivity index (χ1n) is 9.05. The molecule has 3 aromatic rings. The van der Waals surface area contributed by atoms with Crippen molar-refractivity contribution in [3.05, 3.63) is 60.3 Å². The molecule has 6 N–H and O–H groups in total. The quantitative estimate of drug-likeness (QED) is 0.353. The van der Waals surface area contributed by atoms with Crippen molar-refractivity contribution in [3.8, 4) is 0 Å². The molecule has 1 unspecified atom stereocenters. The van der Waals surface area contributed by atoms with Crippen LogP contribution in [0.25, 0.3) is 0 Å². The monoisotopic (exact) mass is 412 g/mol. The number of nitrogens with one attached hydrogen (secondary N) is 3. The summed E-state index contributed by atoms with van der Waals surface area (Å²) in [5.74, 6) is 0.239. The van der Waals surface area contributed by atoms with Gasteiger partial charge >= 0.3 is 0 Å². The molecule has 0 aliphatic heterocycles. The zero-order valence-electron chi connectivity index (χ0n) is 16.1. The number of hydrogen-bond donors (Lipinski definition) is 5. The van der Waals surface area contributed by atoms with Gasteiger partial charge in [-0.05, 0) is 24.6 Å². The molecule has 0 bridgehead atoms. The van der Waals surface area contributed by atoms with E-state index in [0.717, 1.165) is 5.56 Å². The maximum absolute atomic E-state index is 13.2. The lowest BCUT2D eigenvalue weighted by Crippen LogP contribution is -2.38. The predicted molar refractivity (Wildman–Crippen MR) is 109 cm³/mol. The number of nitrogens with two attached hydrogens (primary N) is 1. The van der Waals surface area contributed by atoms with Crippen LogP contribution in [0, 0.1) is 5.82 Å². The smallest absolute Gasteiger partial charge is 0.242 e. The molecule has 1 amide bonds. The molecule has 10 nitrogen and oxygen atoms in total.